The number of nitrogens with zero attached hydrogens (tertiary/aromatic N) is 1. The molecule has 18 heavy (non-hydrogen) atoms. The summed E-state index contributed by atoms with van der Waals surface area (Å²) in [5.41, 5.74) is 3.06. The van der Waals surface area contributed by atoms with Gasteiger partial charge in [0.1, 0.15) is 0 Å². The smallest absolute Gasteiger partial charge is 0.274 e. The molecule has 1 aromatic carbocycles. The number of hydrogen-bond acceptors (Lipinski definition) is 4. The Bertz CT molecular complexity index is 556. The molecule has 1 saturated heterocycles. The average Bonchev–Trinajstić information content (AvgIpc) is 2.69. The van der Waals surface area contributed by atoms with Crippen molar-refractivity contribution in [2.45, 2.75) is 6.42 Å². The number of nitrogens with one attached hydrogen (secondary N) is 1. The Balaban J connectivity index is 2.30. The van der Waals surface area contributed by atoms with Crippen molar-refractivity contribution in [2.75, 3.05) is 23.7 Å². The molecule has 0 atom stereocenters. The van der Waals surface area contributed by atoms with Crippen molar-refractivity contribution in [3.8, 4) is 0 Å². The van der Waals surface area contributed by atoms with Crippen LogP contribution in [0.1, 0.15) is 16.8 Å². The molecule has 6 nitrogen and oxygen atoms in total. The number of carbonyl (C=O) groups is 1. The maximum Gasteiger partial charge on any atom is 0.274 e. The summed E-state index contributed by atoms with van der Waals surface area (Å²) in [5.74, 6) is -0.252. The van der Waals surface area contributed by atoms with E-state index in [1.54, 1.807) is 18.2 Å². The Labute approximate surface area is 106 Å². The number of hydrogen-bond donors (Lipinski definition) is 1. The lowest BCUT2D eigenvalue weighted by molar-refractivity contribution is 0.0537. The third-order valence-electron chi connectivity index (χ3n) is 2.69. The van der Waals surface area contributed by atoms with E-state index in [-0.39, 0.29) is 5.75 Å². The fraction of sp³-hybridized carbons (Fsp3) is 0.364. The number of carbonyl (C=O) groups excluding carboxylic acids is 1. The van der Waals surface area contributed by atoms with E-state index in [1.807, 2.05) is 0 Å². The molecule has 0 spiro atoms. The Kier molecular flexibility index (Phi) is 3.53. The van der Waals surface area contributed by atoms with Gasteiger partial charge in [-0.15, -0.1) is 0 Å². The summed E-state index contributed by atoms with van der Waals surface area (Å²) in [5, 5.41) is 0. The summed E-state index contributed by atoms with van der Waals surface area (Å²) >= 11 is 0. The van der Waals surface area contributed by atoms with Crippen LogP contribution >= 0.6 is 0 Å². The van der Waals surface area contributed by atoms with Gasteiger partial charge in [-0.2, -0.15) is 0 Å². The molecule has 0 unspecified atom stereocenters. The molecule has 1 aliphatic rings. The second-order valence-corrected chi connectivity index (χ2v) is 5.94. The molecular formula is C11H14N2O4S. The highest BCUT2D eigenvalue weighted by molar-refractivity contribution is 7.93. The highest BCUT2D eigenvalue weighted by Gasteiger charge is 2.28. The number of anilines is 1. The van der Waals surface area contributed by atoms with Crippen LogP contribution in [0.15, 0.2) is 24.3 Å². The molecule has 98 valence electrons. The van der Waals surface area contributed by atoms with Crippen molar-refractivity contribution >= 4 is 21.6 Å². The number of sulfonamides is 1. The molecule has 0 saturated carbocycles. The van der Waals surface area contributed by atoms with Gasteiger partial charge in [0.25, 0.3) is 5.91 Å². The summed E-state index contributed by atoms with van der Waals surface area (Å²) in [7, 11) is -1.88. The standard InChI is InChI=1S/C11H14N2O4S/c1-17-12-11(14)9-4-2-5-10(8-9)13-6-3-7-18(13,15)16/h2,4-5,8H,3,6-7H2,1H3,(H,12,14). The van der Waals surface area contributed by atoms with Crippen LogP contribution in [0.2, 0.25) is 0 Å². The van der Waals surface area contributed by atoms with E-state index < -0.39 is 15.9 Å². The van der Waals surface area contributed by atoms with Gasteiger partial charge in [-0.05, 0) is 24.6 Å². The van der Waals surface area contributed by atoms with Crippen molar-refractivity contribution in [3.63, 3.8) is 0 Å². The molecule has 1 aliphatic heterocycles. The van der Waals surface area contributed by atoms with Crippen molar-refractivity contribution in [3.05, 3.63) is 29.8 Å². The van der Waals surface area contributed by atoms with Gasteiger partial charge in [0.05, 0.1) is 18.6 Å². The predicted octanol–water partition coefficient (Wildman–Crippen LogP) is 0.518. The average molecular weight is 270 g/mol. The Morgan fingerprint density at radius 1 is 1.44 bits per heavy atom. The van der Waals surface area contributed by atoms with Crippen molar-refractivity contribution in [2.24, 2.45) is 0 Å². The Morgan fingerprint density at radius 3 is 2.83 bits per heavy atom. The summed E-state index contributed by atoms with van der Waals surface area (Å²) < 4.78 is 24.9. The van der Waals surface area contributed by atoms with Gasteiger partial charge in [0, 0.05) is 12.1 Å². The molecule has 1 N–H and O–H groups in total. The van der Waals surface area contributed by atoms with Crippen LogP contribution in [0, 0.1) is 0 Å². The van der Waals surface area contributed by atoms with E-state index in [4.69, 9.17) is 0 Å². The Hall–Kier alpha value is -1.60. The SMILES string of the molecule is CONC(=O)c1cccc(N2CCCS2(=O)=O)c1. The first-order valence-electron chi connectivity index (χ1n) is 5.48. The van der Waals surface area contributed by atoms with Crippen LogP contribution in [0.5, 0.6) is 0 Å². The predicted molar refractivity (Wildman–Crippen MR) is 66.7 cm³/mol. The third-order valence-corrected chi connectivity index (χ3v) is 4.56. The van der Waals surface area contributed by atoms with E-state index >= 15 is 0 Å². The fourth-order valence-electron chi connectivity index (χ4n) is 1.88. The zero-order chi connectivity index (χ0) is 13.2. The molecule has 0 bridgehead atoms. The van der Waals surface area contributed by atoms with Gasteiger partial charge < -0.3 is 0 Å². The second-order valence-electron chi connectivity index (χ2n) is 3.93. The van der Waals surface area contributed by atoms with Crippen LogP contribution in [-0.2, 0) is 14.9 Å². The van der Waals surface area contributed by atoms with Crippen LogP contribution in [-0.4, -0.2) is 33.7 Å². The normalized spacial score (nSPS) is 17.7. The number of benzene rings is 1. The largest absolute Gasteiger partial charge is 0.277 e. The Morgan fingerprint density at radius 2 is 2.22 bits per heavy atom. The van der Waals surface area contributed by atoms with E-state index in [2.05, 4.69) is 10.3 Å². The van der Waals surface area contributed by atoms with Gasteiger partial charge in [0.15, 0.2) is 0 Å². The molecule has 2 rings (SSSR count). The van der Waals surface area contributed by atoms with Crippen LogP contribution in [0.25, 0.3) is 0 Å². The quantitative estimate of drug-likeness (QED) is 0.812. The van der Waals surface area contributed by atoms with Crippen LogP contribution in [0.4, 0.5) is 5.69 Å². The van der Waals surface area contributed by atoms with E-state index in [9.17, 15) is 13.2 Å². The van der Waals surface area contributed by atoms with E-state index in [0.717, 1.165) is 0 Å². The molecule has 1 heterocycles. The van der Waals surface area contributed by atoms with Crippen LogP contribution in [0.3, 0.4) is 0 Å². The highest BCUT2D eigenvalue weighted by Crippen LogP contribution is 2.24. The molecule has 1 aromatic rings. The third kappa shape index (κ3) is 2.46. The summed E-state index contributed by atoms with van der Waals surface area (Å²) in [6, 6.07) is 6.46. The molecule has 7 heteroatoms. The van der Waals surface area contributed by atoms with Gasteiger partial charge in [-0.1, -0.05) is 6.07 Å². The fourth-order valence-corrected chi connectivity index (χ4v) is 3.44. The second kappa shape index (κ2) is 4.95. The minimum Gasteiger partial charge on any atom is -0.277 e. The number of rotatable bonds is 3. The van der Waals surface area contributed by atoms with Gasteiger partial charge >= 0.3 is 0 Å². The lowest BCUT2D eigenvalue weighted by Gasteiger charge is -2.17. The first kappa shape index (κ1) is 12.8. The lowest BCUT2D eigenvalue weighted by atomic mass is 10.2. The highest BCUT2D eigenvalue weighted by atomic mass is 32.2. The van der Waals surface area contributed by atoms with Gasteiger partial charge in [-0.25, -0.2) is 13.9 Å². The first-order valence-corrected chi connectivity index (χ1v) is 7.09. The zero-order valence-corrected chi connectivity index (χ0v) is 10.7. The summed E-state index contributed by atoms with van der Waals surface area (Å²) in [6.07, 6.45) is 0.608. The summed E-state index contributed by atoms with van der Waals surface area (Å²) in [6.45, 7) is 0.456. The molecule has 0 aliphatic carbocycles. The number of amides is 1. The lowest BCUT2D eigenvalue weighted by Crippen LogP contribution is -2.26. The van der Waals surface area contributed by atoms with E-state index in [1.165, 1.54) is 17.5 Å². The first-order chi connectivity index (χ1) is 8.54. The van der Waals surface area contributed by atoms with Gasteiger partial charge in [0.2, 0.25) is 10.0 Å². The van der Waals surface area contributed by atoms with Gasteiger partial charge in [-0.3, -0.25) is 13.9 Å². The monoisotopic (exact) mass is 270 g/mol. The molecule has 0 aromatic heterocycles. The van der Waals surface area contributed by atoms with Crippen molar-refractivity contribution in [1.29, 1.82) is 0 Å². The maximum absolute atomic E-state index is 11.8. The van der Waals surface area contributed by atoms with Crippen molar-refractivity contribution < 1.29 is 18.0 Å². The zero-order valence-electron chi connectivity index (χ0n) is 9.92. The number of hydroxylamine groups is 1. The van der Waals surface area contributed by atoms with E-state index in [0.29, 0.717) is 24.2 Å². The minimum atomic E-state index is -3.22. The molecular weight excluding hydrogens is 256 g/mol. The minimum absolute atomic E-state index is 0.154. The molecule has 0 radical (unpaired) electrons. The molecule has 1 fully saturated rings. The topological polar surface area (TPSA) is 75.7 Å². The summed E-state index contributed by atoms with van der Waals surface area (Å²) in [4.78, 5) is 16.1. The maximum atomic E-state index is 11.8. The van der Waals surface area contributed by atoms with Crippen LogP contribution < -0.4 is 9.79 Å². The molecule has 1 amide bonds. The van der Waals surface area contributed by atoms with Crippen molar-refractivity contribution in [1.82, 2.24) is 5.48 Å².